The van der Waals surface area contributed by atoms with Crippen LogP contribution in [0.15, 0.2) is 36.4 Å². The first-order chi connectivity index (χ1) is 9.02. The normalized spacial score (nSPS) is 12.5. The summed E-state index contributed by atoms with van der Waals surface area (Å²) in [5.74, 6) is 4.07. The molecule has 2 aromatic carbocycles. The minimum atomic E-state index is -0.702. The molecule has 2 nitrogen and oxygen atoms in total. The monoisotopic (exact) mass is 302 g/mol. The van der Waals surface area contributed by atoms with E-state index in [4.69, 9.17) is 29.0 Å². The second kappa shape index (κ2) is 5.84. The molecule has 0 amide bonds. The van der Waals surface area contributed by atoms with Crippen molar-refractivity contribution in [2.24, 2.45) is 5.84 Å². The van der Waals surface area contributed by atoms with Crippen LogP contribution in [0, 0.1) is 11.6 Å². The number of halogens is 4. The van der Waals surface area contributed by atoms with Crippen molar-refractivity contribution in [2.45, 2.75) is 6.04 Å². The van der Waals surface area contributed by atoms with Crippen molar-refractivity contribution >= 4 is 23.2 Å². The van der Waals surface area contributed by atoms with Crippen molar-refractivity contribution in [1.29, 1.82) is 0 Å². The highest BCUT2D eigenvalue weighted by Crippen LogP contribution is 2.34. The van der Waals surface area contributed by atoms with Gasteiger partial charge in [-0.25, -0.2) is 14.2 Å². The number of hydrogen-bond acceptors (Lipinski definition) is 2. The van der Waals surface area contributed by atoms with Crippen LogP contribution in [0.1, 0.15) is 17.2 Å². The van der Waals surface area contributed by atoms with E-state index >= 15 is 0 Å². The van der Waals surface area contributed by atoms with E-state index in [1.54, 1.807) is 18.2 Å². The SMILES string of the molecule is NNC(c1cc(F)cc(F)c1)c1c(Cl)cccc1Cl. The molecule has 2 rings (SSSR count). The lowest BCUT2D eigenvalue weighted by Crippen LogP contribution is -2.29. The molecule has 0 aliphatic heterocycles. The van der Waals surface area contributed by atoms with E-state index in [0.29, 0.717) is 21.2 Å². The molecule has 6 heteroatoms. The fraction of sp³-hybridized carbons (Fsp3) is 0.0769. The van der Waals surface area contributed by atoms with Gasteiger partial charge in [0.05, 0.1) is 6.04 Å². The summed E-state index contributed by atoms with van der Waals surface area (Å²) < 4.78 is 26.5. The van der Waals surface area contributed by atoms with Crippen molar-refractivity contribution in [3.8, 4) is 0 Å². The number of benzene rings is 2. The van der Waals surface area contributed by atoms with E-state index in [1.165, 1.54) is 12.1 Å². The van der Waals surface area contributed by atoms with Gasteiger partial charge >= 0.3 is 0 Å². The summed E-state index contributed by atoms with van der Waals surface area (Å²) >= 11 is 12.1. The molecule has 0 radical (unpaired) electrons. The lowest BCUT2D eigenvalue weighted by Gasteiger charge is -2.19. The summed E-state index contributed by atoms with van der Waals surface area (Å²) in [5.41, 5.74) is 3.24. The van der Waals surface area contributed by atoms with Crippen LogP contribution in [0.3, 0.4) is 0 Å². The topological polar surface area (TPSA) is 38.0 Å². The lowest BCUT2D eigenvalue weighted by molar-refractivity contribution is 0.566. The lowest BCUT2D eigenvalue weighted by atomic mass is 9.99. The van der Waals surface area contributed by atoms with Gasteiger partial charge in [0.2, 0.25) is 0 Å². The van der Waals surface area contributed by atoms with Crippen molar-refractivity contribution in [1.82, 2.24) is 5.43 Å². The van der Waals surface area contributed by atoms with Crippen LogP contribution in [-0.2, 0) is 0 Å². The van der Waals surface area contributed by atoms with Crippen molar-refractivity contribution in [2.75, 3.05) is 0 Å². The van der Waals surface area contributed by atoms with Crippen LogP contribution in [0.5, 0.6) is 0 Å². The molecule has 19 heavy (non-hydrogen) atoms. The van der Waals surface area contributed by atoms with Gasteiger partial charge in [-0.1, -0.05) is 29.3 Å². The molecule has 0 saturated carbocycles. The maximum absolute atomic E-state index is 13.3. The first-order valence-electron chi connectivity index (χ1n) is 5.39. The van der Waals surface area contributed by atoms with Crippen LogP contribution in [0.4, 0.5) is 8.78 Å². The van der Waals surface area contributed by atoms with Gasteiger partial charge in [0, 0.05) is 21.7 Å². The fourth-order valence-corrected chi connectivity index (χ4v) is 2.49. The third kappa shape index (κ3) is 3.04. The average molecular weight is 303 g/mol. The van der Waals surface area contributed by atoms with E-state index in [9.17, 15) is 8.78 Å². The van der Waals surface area contributed by atoms with Gasteiger partial charge in [0.25, 0.3) is 0 Å². The molecule has 3 N–H and O–H groups in total. The Labute approximate surface area is 119 Å². The molecule has 1 unspecified atom stereocenters. The zero-order chi connectivity index (χ0) is 14.0. The third-order valence-corrected chi connectivity index (χ3v) is 3.33. The Balaban J connectivity index is 2.56. The summed E-state index contributed by atoms with van der Waals surface area (Å²) in [6.45, 7) is 0. The van der Waals surface area contributed by atoms with Gasteiger partial charge in [-0.15, -0.1) is 0 Å². The predicted molar refractivity (Wildman–Crippen MR) is 72.0 cm³/mol. The van der Waals surface area contributed by atoms with E-state index in [0.717, 1.165) is 6.07 Å². The van der Waals surface area contributed by atoms with Crippen LogP contribution in [0.2, 0.25) is 10.0 Å². The quantitative estimate of drug-likeness (QED) is 0.668. The largest absolute Gasteiger partial charge is 0.271 e. The molecular formula is C13H10Cl2F2N2. The maximum atomic E-state index is 13.3. The van der Waals surface area contributed by atoms with Crippen LogP contribution in [-0.4, -0.2) is 0 Å². The standard InChI is InChI=1S/C13H10Cl2F2N2/c14-10-2-1-3-11(15)12(10)13(19-18)7-4-8(16)6-9(17)5-7/h1-6,13,19H,18H2. The molecule has 100 valence electrons. The first-order valence-corrected chi connectivity index (χ1v) is 6.14. The molecule has 0 heterocycles. The second-order valence-electron chi connectivity index (χ2n) is 3.94. The Morgan fingerprint density at radius 3 is 2.00 bits per heavy atom. The van der Waals surface area contributed by atoms with E-state index in [-0.39, 0.29) is 0 Å². The Hall–Kier alpha value is -1.20. The molecule has 1 atom stereocenters. The van der Waals surface area contributed by atoms with E-state index in [1.807, 2.05) is 0 Å². The molecule has 0 saturated heterocycles. The van der Waals surface area contributed by atoms with Crippen LogP contribution < -0.4 is 11.3 Å². The minimum Gasteiger partial charge on any atom is -0.271 e. The predicted octanol–water partition coefficient (Wildman–Crippen LogP) is 3.82. The summed E-state index contributed by atoms with van der Waals surface area (Å²) in [6.07, 6.45) is 0. The Morgan fingerprint density at radius 1 is 1.00 bits per heavy atom. The van der Waals surface area contributed by atoms with Crippen LogP contribution in [0.25, 0.3) is 0 Å². The number of nitrogens with one attached hydrogen (secondary N) is 1. The molecule has 2 aromatic rings. The number of nitrogens with two attached hydrogens (primary N) is 1. The van der Waals surface area contributed by atoms with Crippen molar-refractivity contribution < 1.29 is 8.78 Å². The Morgan fingerprint density at radius 2 is 1.53 bits per heavy atom. The highest BCUT2D eigenvalue weighted by molar-refractivity contribution is 6.36. The smallest absolute Gasteiger partial charge is 0.126 e. The first kappa shape index (κ1) is 14.2. The number of rotatable bonds is 3. The van der Waals surface area contributed by atoms with Gasteiger partial charge < -0.3 is 0 Å². The highest BCUT2D eigenvalue weighted by atomic mass is 35.5. The molecule has 0 aliphatic rings. The second-order valence-corrected chi connectivity index (χ2v) is 4.75. The maximum Gasteiger partial charge on any atom is 0.126 e. The molecular weight excluding hydrogens is 293 g/mol. The third-order valence-electron chi connectivity index (χ3n) is 2.67. The van der Waals surface area contributed by atoms with Crippen molar-refractivity contribution in [3.05, 3.63) is 69.2 Å². The molecule has 0 aliphatic carbocycles. The highest BCUT2D eigenvalue weighted by Gasteiger charge is 2.20. The molecule has 0 spiro atoms. The Kier molecular flexibility index (Phi) is 4.37. The summed E-state index contributed by atoms with van der Waals surface area (Å²) in [5, 5.41) is 0.722. The zero-order valence-corrected chi connectivity index (χ0v) is 11.1. The van der Waals surface area contributed by atoms with Crippen molar-refractivity contribution in [3.63, 3.8) is 0 Å². The fourth-order valence-electron chi connectivity index (χ4n) is 1.87. The Bertz CT molecular complexity index is 565. The van der Waals surface area contributed by atoms with Gasteiger partial charge in [-0.05, 0) is 29.8 Å². The number of hydrazine groups is 1. The van der Waals surface area contributed by atoms with Gasteiger partial charge in [-0.2, -0.15) is 0 Å². The van der Waals surface area contributed by atoms with Gasteiger partial charge in [0.1, 0.15) is 11.6 Å². The zero-order valence-electron chi connectivity index (χ0n) is 9.63. The van der Waals surface area contributed by atoms with Gasteiger partial charge in [0.15, 0.2) is 0 Å². The van der Waals surface area contributed by atoms with E-state index in [2.05, 4.69) is 5.43 Å². The average Bonchev–Trinajstić information content (AvgIpc) is 2.32. The minimum absolute atomic E-state index is 0.301. The summed E-state index contributed by atoms with van der Waals surface area (Å²) in [4.78, 5) is 0. The summed E-state index contributed by atoms with van der Waals surface area (Å²) in [7, 11) is 0. The molecule has 0 bridgehead atoms. The number of hydrogen-bond donors (Lipinski definition) is 2. The van der Waals surface area contributed by atoms with E-state index < -0.39 is 17.7 Å². The van der Waals surface area contributed by atoms with Crippen LogP contribution >= 0.6 is 23.2 Å². The molecule has 0 aromatic heterocycles. The molecule has 0 fully saturated rings. The van der Waals surface area contributed by atoms with Gasteiger partial charge in [-0.3, -0.25) is 5.84 Å². The summed E-state index contributed by atoms with van der Waals surface area (Å²) in [6, 6.07) is 7.36.